The van der Waals surface area contributed by atoms with Crippen LogP contribution in [0.1, 0.15) is 13.8 Å². The Balaban J connectivity index is 1.88. The fourth-order valence-corrected chi connectivity index (χ4v) is 3.35. The van der Waals surface area contributed by atoms with Gasteiger partial charge in [0.25, 0.3) is 0 Å². The number of esters is 2. The van der Waals surface area contributed by atoms with Crippen LogP contribution in [0.3, 0.4) is 0 Å². The maximum Gasteiger partial charge on any atom is 0.338 e. The van der Waals surface area contributed by atoms with Crippen LogP contribution in [-0.2, 0) is 33.4 Å². The summed E-state index contributed by atoms with van der Waals surface area (Å²) in [6.07, 6.45) is -1.56. The summed E-state index contributed by atoms with van der Waals surface area (Å²) >= 11 is 0. The number of hydrogen-bond acceptors (Lipinski definition) is 8. The molecule has 0 aromatic heterocycles. The minimum absolute atomic E-state index is 0.198. The lowest BCUT2D eigenvalue weighted by Crippen LogP contribution is -2.44. The monoisotopic (exact) mass is 301 g/mol. The summed E-state index contributed by atoms with van der Waals surface area (Å²) in [4.78, 5) is 29.5. The number of methoxy groups -OCH3 is 2. The van der Waals surface area contributed by atoms with Crippen molar-refractivity contribution in [1.29, 1.82) is 0 Å². The normalized spacial score (nSPS) is 40.7. The molecule has 0 N–H and O–H groups in total. The lowest BCUT2D eigenvalue weighted by Gasteiger charge is -2.24. The van der Waals surface area contributed by atoms with Crippen molar-refractivity contribution in [2.75, 3.05) is 20.8 Å². The number of ether oxygens (including phenoxy) is 4. The Morgan fingerprint density at radius 1 is 1.14 bits per heavy atom. The van der Waals surface area contributed by atoms with Gasteiger partial charge in [0, 0.05) is 0 Å². The highest BCUT2D eigenvalue weighted by Crippen LogP contribution is 2.44. The highest BCUT2D eigenvalue weighted by atomic mass is 16.8. The Hall–Kier alpha value is -1.22. The van der Waals surface area contributed by atoms with E-state index in [2.05, 4.69) is 0 Å². The topological polar surface area (TPSA) is 83.5 Å². The average molecular weight is 301 g/mol. The van der Waals surface area contributed by atoms with Crippen molar-refractivity contribution in [3.63, 3.8) is 0 Å². The number of fused-ring (bicyclic) bond motifs is 3. The zero-order valence-electron chi connectivity index (χ0n) is 12.4. The molecule has 0 spiro atoms. The van der Waals surface area contributed by atoms with Crippen LogP contribution >= 0.6 is 0 Å². The van der Waals surface area contributed by atoms with E-state index in [0.717, 1.165) is 0 Å². The van der Waals surface area contributed by atoms with Gasteiger partial charge in [-0.1, -0.05) is 0 Å². The van der Waals surface area contributed by atoms with Crippen LogP contribution in [-0.4, -0.2) is 67.9 Å². The molecule has 3 fully saturated rings. The Bertz CT molecular complexity index is 465. The van der Waals surface area contributed by atoms with Gasteiger partial charge in [-0.05, 0) is 13.8 Å². The average Bonchev–Trinajstić information content (AvgIpc) is 3.02. The summed E-state index contributed by atoms with van der Waals surface area (Å²) in [7, 11) is 2.53. The molecule has 21 heavy (non-hydrogen) atoms. The molecule has 0 saturated carbocycles. The number of hydrogen-bond donors (Lipinski definition) is 0. The van der Waals surface area contributed by atoms with Crippen LogP contribution in [0.15, 0.2) is 0 Å². The Morgan fingerprint density at radius 2 is 1.81 bits per heavy atom. The zero-order chi connectivity index (χ0) is 15.4. The highest BCUT2D eigenvalue weighted by Gasteiger charge is 2.64. The molecule has 5 atom stereocenters. The summed E-state index contributed by atoms with van der Waals surface area (Å²) in [5.41, 5.74) is 0. The van der Waals surface area contributed by atoms with E-state index in [1.807, 2.05) is 13.8 Å². The van der Waals surface area contributed by atoms with E-state index in [4.69, 9.17) is 23.8 Å². The SMILES string of the molecule is COC(=O)[C@H]1[C@@H]2[C@H]3OC(C)(C)O[C@H]3CN2O[C@H]1C(=O)OC. The van der Waals surface area contributed by atoms with Crippen molar-refractivity contribution in [3.8, 4) is 0 Å². The molecule has 0 amide bonds. The molecule has 3 aliphatic rings. The van der Waals surface area contributed by atoms with E-state index in [0.29, 0.717) is 6.54 Å². The van der Waals surface area contributed by atoms with E-state index >= 15 is 0 Å². The quantitative estimate of drug-likeness (QED) is 0.629. The fraction of sp³-hybridized carbons (Fsp3) is 0.846. The molecule has 118 valence electrons. The smallest absolute Gasteiger partial charge is 0.338 e. The maximum absolute atomic E-state index is 12.1. The van der Waals surface area contributed by atoms with Crippen molar-refractivity contribution in [3.05, 3.63) is 0 Å². The van der Waals surface area contributed by atoms with Crippen LogP contribution in [0.25, 0.3) is 0 Å². The van der Waals surface area contributed by atoms with Crippen molar-refractivity contribution in [2.45, 2.75) is 44.0 Å². The second-order valence-corrected chi connectivity index (χ2v) is 5.83. The third-order valence-corrected chi connectivity index (χ3v) is 4.10. The molecule has 0 radical (unpaired) electrons. The van der Waals surface area contributed by atoms with Gasteiger partial charge in [-0.25, -0.2) is 4.79 Å². The van der Waals surface area contributed by atoms with Crippen molar-refractivity contribution in [2.24, 2.45) is 5.92 Å². The molecule has 3 rings (SSSR count). The van der Waals surface area contributed by atoms with Crippen molar-refractivity contribution in [1.82, 2.24) is 5.06 Å². The fourth-order valence-electron chi connectivity index (χ4n) is 3.35. The lowest BCUT2D eigenvalue weighted by molar-refractivity contribution is -0.209. The van der Waals surface area contributed by atoms with Gasteiger partial charge in [-0.15, -0.1) is 0 Å². The van der Waals surface area contributed by atoms with Crippen molar-refractivity contribution >= 4 is 11.9 Å². The van der Waals surface area contributed by atoms with Gasteiger partial charge in [0.1, 0.15) is 18.1 Å². The minimum Gasteiger partial charge on any atom is -0.469 e. The molecule has 0 aromatic rings. The molecule has 0 aliphatic carbocycles. The summed E-state index contributed by atoms with van der Waals surface area (Å²) in [6, 6.07) is -0.423. The largest absolute Gasteiger partial charge is 0.469 e. The van der Waals surface area contributed by atoms with Crippen LogP contribution < -0.4 is 0 Å². The third kappa shape index (κ3) is 2.22. The molecule has 8 heteroatoms. The maximum atomic E-state index is 12.1. The summed E-state index contributed by atoms with van der Waals surface area (Å²) in [5.74, 6) is -2.64. The third-order valence-electron chi connectivity index (χ3n) is 4.10. The minimum atomic E-state index is -1.01. The van der Waals surface area contributed by atoms with Gasteiger partial charge in [-0.3, -0.25) is 9.63 Å². The second-order valence-electron chi connectivity index (χ2n) is 5.83. The van der Waals surface area contributed by atoms with E-state index in [1.165, 1.54) is 14.2 Å². The standard InChI is InChI=1S/C13H19NO7/c1-13(2)19-6-5-14-8(9(6)20-13)7(11(15)17-3)10(21-14)12(16)18-4/h6-10H,5H2,1-4H3/t6-,7-,8+,9-,10+/m0/s1. The molecular weight excluding hydrogens is 282 g/mol. The van der Waals surface area contributed by atoms with Gasteiger partial charge in [0.05, 0.1) is 26.8 Å². The number of carbonyl (C=O) groups excluding carboxylic acids is 2. The number of nitrogens with zero attached hydrogens (tertiary/aromatic N) is 1. The van der Waals surface area contributed by atoms with E-state index < -0.39 is 35.8 Å². The van der Waals surface area contributed by atoms with Crippen molar-refractivity contribution < 1.29 is 33.4 Å². The summed E-state index contributed by atoms with van der Waals surface area (Å²) in [5, 5.41) is 1.58. The first kappa shape index (κ1) is 14.7. The van der Waals surface area contributed by atoms with Gasteiger partial charge in [-0.2, -0.15) is 5.06 Å². The number of rotatable bonds is 2. The molecular formula is C13H19NO7. The van der Waals surface area contributed by atoms with Gasteiger partial charge in [0.2, 0.25) is 0 Å². The summed E-state index contributed by atoms with van der Waals surface area (Å²) in [6.45, 7) is 4.06. The Morgan fingerprint density at radius 3 is 2.43 bits per heavy atom. The van der Waals surface area contributed by atoms with E-state index in [1.54, 1.807) is 5.06 Å². The van der Waals surface area contributed by atoms with Crippen LogP contribution in [0.4, 0.5) is 0 Å². The molecule has 8 nitrogen and oxygen atoms in total. The lowest BCUT2D eigenvalue weighted by atomic mass is 9.91. The zero-order valence-corrected chi connectivity index (χ0v) is 12.4. The van der Waals surface area contributed by atoms with Gasteiger partial charge < -0.3 is 18.9 Å². The molecule has 0 unspecified atom stereocenters. The second kappa shape index (κ2) is 4.91. The molecule has 3 saturated heterocycles. The first-order valence-electron chi connectivity index (χ1n) is 6.82. The first-order chi connectivity index (χ1) is 9.88. The predicted molar refractivity (Wildman–Crippen MR) is 66.7 cm³/mol. The highest BCUT2D eigenvalue weighted by molar-refractivity contribution is 5.85. The van der Waals surface area contributed by atoms with Gasteiger partial charge in [0.15, 0.2) is 11.9 Å². The van der Waals surface area contributed by atoms with Gasteiger partial charge >= 0.3 is 11.9 Å². The number of carbonyl (C=O) groups is 2. The van der Waals surface area contributed by atoms with E-state index in [-0.39, 0.29) is 12.2 Å². The molecule has 0 bridgehead atoms. The summed E-state index contributed by atoms with van der Waals surface area (Å²) < 4.78 is 21.2. The Labute approximate surface area is 122 Å². The molecule has 3 aliphatic heterocycles. The van der Waals surface area contributed by atoms with Crippen LogP contribution in [0, 0.1) is 5.92 Å². The molecule has 3 heterocycles. The van der Waals surface area contributed by atoms with Crippen LogP contribution in [0.2, 0.25) is 0 Å². The predicted octanol–water partition coefficient (Wildman–Crippen LogP) is -0.533. The number of hydroxylamine groups is 2. The van der Waals surface area contributed by atoms with E-state index in [9.17, 15) is 9.59 Å². The Kier molecular flexibility index (Phi) is 3.44. The van der Waals surface area contributed by atoms with Crippen LogP contribution in [0.5, 0.6) is 0 Å². The molecule has 0 aromatic carbocycles. The first-order valence-corrected chi connectivity index (χ1v) is 6.82.